The maximum absolute atomic E-state index is 12.8. The first-order chi connectivity index (χ1) is 12.3. The topological polar surface area (TPSA) is 70.0 Å². The molecule has 1 atom stereocenters. The second kappa shape index (κ2) is 6.68. The number of hydrazone groups is 1. The van der Waals surface area contributed by atoms with Crippen LogP contribution in [0.4, 0.5) is 0 Å². The van der Waals surface area contributed by atoms with Crippen LogP contribution in [0.1, 0.15) is 25.2 Å². The summed E-state index contributed by atoms with van der Waals surface area (Å²) in [4.78, 5) is 22.0. The van der Waals surface area contributed by atoms with Gasteiger partial charge in [-0.1, -0.05) is 43.0 Å². The van der Waals surface area contributed by atoms with Gasteiger partial charge < -0.3 is 0 Å². The maximum Gasteiger partial charge on any atom is 0.276 e. The number of hydrogen-bond acceptors (Lipinski definition) is 6. The third-order valence-electron chi connectivity index (χ3n) is 3.91. The molecule has 25 heavy (non-hydrogen) atoms. The van der Waals surface area contributed by atoms with Crippen molar-refractivity contribution in [1.82, 2.24) is 15.3 Å². The van der Waals surface area contributed by atoms with Gasteiger partial charge >= 0.3 is 0 Å². The molecule has 6 nitrogen and oxygen atoms in total. The summed E-state index contributed by atoms with van der Waals surface area (Å²) >= 11 is 1.54. The summed E-state index contributed by atoms with van der Waals surface area (Å²) < 4.78 is 0. The third kappa shape index (κ3) is 2.91. The summed E-state index contributed by atoms with van der Waals surface area (Å²) in [6, 6.07) is 13.3. The molecule has 2 aliphatic heterocycles. The number of nitrogens with zero attached hydrogens (tertiary/aromatic N) is 4. The molecule has 4 rings (SSSR count). The fourth-order valence-electron chi connectivity index (χ4n) is 2.81. The number of amides is 1. The molecule has 0 unspecified atom stereocenters. The Morgan fingerprint density at radius 1 is 1.20 bits per heavy atom. The van der Waals surface area contributed by atoms with Crippen LogP contribution in [0.15, 0.2) is 58.8 Å². The second-order valence-electron chi connectivity index (χ2n) is 5.68. The van der Waals surface area contributed by atoms with E-state index in [0.29, 0.717) is 10.9 Å². The summed E-state index contributed by atoms with van der Waals surface area (Å²) in [5, 5.41) is 11.4. The highest BCUT2D eigenvalue weighted by atomic mass is 32.2. The molecule has 1 N–H and O–H groups in total. The molecule has 0 saturated heterocycles. The largest absolute Gasteiger partial charge is 0.298 e. The molecule has 0 spiro atoms. The van der Waals surface area contributed by atoms with E-state index in [9.17, 15) is 4.79 Å². The van der Waals surface area contributed by atoms with Crippen molar-refractivity contribution < 1.29 is 4.79 Å². The van der Waals surface area contributed by atoms with E-state index >= 15 is 0 Å². The van der Waals surface area contributed by atoms with Crippen molar-refractivity contribution in [2.75, 3.05) is 5.75 Å². The number of amidine groups is 1. The minimum Gasteiger partial charge on any atom is -0.298 e. The molecule has 1 aromatic carbocycles. The van der Waals surface area contributed by atoms with Gasteiger partial charge in [0.15, 0.2) is 11.3 Å². The number of thioether (sulfide) groups is 1. The number of nitrogens with one attached hydrogen (secondary N) is 1. The highest BCUT2D eigenvalue weighted by Crippen LogP contribution is 2.29. The third-order valence-corrected chi connectivity index (χ3v) is 4.98. The average Bonchev–Trinajstić information content (AvgIpc) is 2.66. The molecule has 7 heteroatoms. The van der Waals surface area contributed by atoms with Crippen LogP contribution in [-0.4, -0.2) is 26.8 Å². The van der Waals surface area contributed by atoms with E-state index < -0.39 is 6.17 Å². The van der Waals surface area contributed by atoms with Crippen molar-refractivity contribution in [2.24, 2.45) is 10.1 Å². The first kappa shape index (κ1) is 15.8. The normalized spacial score (nSPS) is 18.7. The highest BCUT2D eigenvalue weighted by Gasteiger charge is 2.34. The number of carbonyl (C=O) groups is 1. The first-order valence-electron chi connectivity index (χ1n) is 8.18. The predicted octanol–water partition coefficient (Wildman–Crippen LogP) is 1.37. The van der Waals surface area contributed by atoms with E-state index in [4.69, 9.17) is 4.99 Å². The van der Waals surface area contributed by atoms with Crippen molar-refractivity contribution in [3.8, 4) is 0 Å². The van der Waals surface area contributed by atoms with Crippen LogP contribution in [0.2, 0.25) is 0 Å². The van der Waals surface area contributed by atoms with Gasteiger partial charge in [0, 0.05) is 17.2 Å². The Morgan fingerprint density at radius 2 is 2.04 bits per heavy atom. The van der Waals surface area contributed by atoms with Crippen molar-refractivity contribution in [1.29, 1.82) is 0 Å². The van der Waals surface area contributed by atoms with E-state index in [-0.39, 0.29) is 5.91 Å². The number of hydrogen-bond donors (Lipinski definition) is 1. The zero-order chi connectivity index (χ0) is 17.2. The number of pyridine rings is 1. The average molecular weight is 351 g/mol. The smallest absolute Gasteiger partial charge is 0.276 e. The van der Waals surface area contributed by atoms with Gasteiger partial charge in [-0.2, -0.15) is 0 Å². The van der Waals surface area contributed by atoms with Crippen LogP contribution in [0.5, 0.6) is 0 Å². The Bertz CT molecular complexity index is 957. The number of rotatable bonds is 3. The zero-order valence-electron chi connectivity index (χ0n) is 13.7. The summed E-state index contributed by atoms with van der Waals surface area (Å²) in [6.45, 7) is 2.10. The van der Waals surface area contributed by atoms with E-state index in [1.165, 1.54) is 11.8 Å². The number of benzene rings is 1. The van der Waals surface area contributed by atoms with Crippen LogP contribution >= 0.6 is 11.8 Å². The van der Waals surface area contributed by atoms with Gasteiger partial charge in [-0.05, 0) is 24.6 Å². The van der Waals surface area contributed by atoms with Gasteiger partial charge in [-0.15, -0.1) is 5.10 Å². The quantitative estimate of drug-likeness (QED) is 0.907. The molecular weight excluding hydrogens is 334 g/mol. The lowest BCUT2D eigenvalue weighted by molar-refractivity contribution is -0.116. The molecule has 1 amide bonds. The summed E-state index contributed by atoms with van der Waals surface area (Å²) in [5.41, 5.74) is 1.27. The molecular formula is C18H17N5OS. The van der Waals surface area contributed by atoms with Gasteiger partial charge in [-0.25, -0.2) is 5.01 Å². The molecule has 0 saturated carbocycles. The van der Waals surface area contributed by atoms with Crippen molar-refractivity contribution in [3.05, 3.63) is 64.9 Å². The minimum absolute atomic E-state index is 0.156. The first-order valence-corrected chi connectivity index (χ1v) is 9.16. The zero-order valence-corrected chi connectivity index (χ0v) is 14.5. The van der Waals surface area contributed by atoms with Gasteiger partial charge in [0.1, 0.15) is 5.70 Å². The van der Waals surface area contributed by atoms with Crippen molar-refractivity contribution in [3.63, 3.8) is 0 Å². The molecule has 0 radical (unpaired) electrons. The van der Waals surface area contributed by atoms with Crippen LogP contribution in [0.25, 0.3) is 5.70 Å². The number of carbonyl (C=O) groups excluding carboxylic acids is 1. The molecule has 2 aromatic rings. The molecule has 0 aliphatic carbocycles. The van der Waals surface area contributed by atoms with Gasteiger partial charge in [0.25, 0.3) is 5.91 Å². The van der Waals surface area contributed by atoms with E-state index in [1.54, 1.807) is 11.2 Å². The standard InChI is InChI=1S/C18H17N5OS/c1-2-11-25-18-21-17(24)15-12-7-3-4-8-13(12)20-16(23(15)22-18)14-9-5-6-10-19-14/h3-10,16H,2,11H2,1H3,(H,21,22,24)/t16-/m1/s1. The Hall–Kier alpha value is -2.67. The molecule has 0 fully saturated rings. The molecule has 0 bridgehead atoms. The van der Waals surface area contributed by atoms with Crippen LogP contribution < -0.4 is 15.9 Å². The van der Waals surface area contributed by atoms with Crippen LogP contribution in [0.3, 0.4) is 0 Å². The predicted molar refractivity (Wildman–Crippen MR) is 97.8 cm³/mol. The highest BCUT2D eigenvalue weighted by molar-refractivity contribution is 8.13. The Kier molecular flexibility index (Phi) is 4.23. The monoisotopic (exact) mass is 351 g/mol. The lowest BCUT2D eigenvalue weighted by Gasteiger charge is -2.33. The van der Waals surface area contributed by atoms with E-state index in [0.717, 1.165) is 28.4 Å². The lowest BCUT2D eigenvalue weighted by Crippen LogP contribution is -2.50. The molecule has 126 valence electrons. The van der Waals surface area contributed by atoms with E-state index in [1.807, 2.05) is 42.5 Å². The van der Waals surface area contributed by atoms with Crippen LogP contribution in [0, 0.1) is 0 Å². The van der Waals surface area contributed by atoms with Crippen molar-refractivity contribution >= 4 is 28.5 Å². The van der Waals surface area contributed by atoms with Crippen molar-refractivity contribution in [2.45, 2.75) is 19.5 Å². The second-order valence-corrected chi connectivity index (χ2v) is 6.76. The van der Waals surface area contributed by atoms with Gasteiger partial charge in [0.2, 0.25) is 0 Å². The number of fused-ring (bicyclic) bond motifs is 2. The fourth-order valence-corrected chi connectivity index (χ4v) is 3.52. The lowest BCUT2D eigenvalue weighted by atomic mass is 10.1. The SMILES string of the molecule is CCCSC1=NN2C(=c3ccccc3=N[C@H]2c2ccccn2)C(=O)N1. The Balaban J connectivity index is 1.90. The van der Waals surface area contributed by atoms with E-state index in [2.05, 4.69) is 22.3 Å². The number of para-hydroxylation sites is 1. The van der Waals surface area contributed by atoms with Gasteiger partial charge in [0.05, 0.1) is 11.1 Å². The summed E-state index contributed by atoms with van der Waals surface area (Å²) in [7, 11) is 0. The van der Waals surface area contributed by atoms with Gasteiger partial charge in [-0.3, -0.25) is 20.1 Å². The molecule has 2 aliphatic rings. The Morgan fingerprint density at radius 3 is 2.84 bits per heavy atom. The summed E-state index contributed by atoms with van der Waals surface area (Å²) in [6.07, 6.45) is 2.28. The minimum atomic E-state index is -0.450. The molecule has 3 heterocycles. The molecule has 1 aromatic heterocycles. The van der Waals surface area contributed by atoms with Crippen LogP contribution in [-0.2, 0) is 4.79 Å². The fraction of sp³-hybridized carbons (Fsp3) is 0.222. The summed E-state index contributed by atoms with van der Waals surface area (Å²) in [5.74, 6) is 0.737. The maximum atomic E-state index is 12.8. The number of aromatic nitrogens is 1. The Labute approximate surface area is 149 Å².